The number of aromatic nitrogens is 2. The Morgan fingerprint density at radius 3 is 2.61 bits per heavy atom. The highest BCUT2D eigenvalue weighted by atomic mass is 79.9. The van der Waals surface area contributed by atoms with Crippen LogP contribution in [-0.4, -0.2) is 20.8 Å². The first-order valence-electron chi connectivity index (χ1n) is 11.4. The molecule has 0 aliphatic carbocycles. The molecule has 38 heavy (non-hydrogen) atoms. The van der Waals surface area contributed by atoms with Crippen molar-refractivity contribution in [3.05, 3.63) is 105 Å². The van der Waals surface area contributed by atoms with E-state index in [1.165, 1.54) is 17.0 Å². The molecule has 1 aromatic heterocycles. The molecule has 0 saturated heterocycles. The number of halogens is 4. The van der Waals surface area contributed by atoms with Gasteiger partial charge >= 0.3 is 5.69 Å². The van der Waals surface area contributed by atoms with Gasteiger partial charge in [-0.3, -0.25) is 14.9 Å². The van der Waals surface area contributed by atoms with Crippen molar-refractivity contribution < 1.29 is 9.66 Å². The van der Waals surface area contributed by atoms with E-state index in [-0.39, 0.29) is 29.5 Å². The third-order valence-corrected chi connectivity index (χ3v) is 7.64. The Morgan fingerprint density at radius 1 is 1.16 bits per heavy atom. The molecule has 4 aromatic rings. The van der Waals surface area contributed by atoms with Crippen LogP contribution in [0.15, 0.2) is 67.4 Å². The van der Waals surface area contributed by atoms with Crippen LogP contribution in [0.1, 0.15) is 43.1 Å². The minimum Gasteiger partial charge on any atom is -0.481 e. The predicted molar refractivity (Wildman–Crippen MR) is 157 cm³/mol. The van der Waals surface area contributed by atoms with Crippen LogP contribution in [0.2, 0.25) is 10.0 Å². The van der Waals surface area contributed by atoms with Crippen molar-refractivity contribution in [2.75, 3.05) is 0 Å². The Hall–Kier alpha value is -2.79. The topological polar surface area (TPSA) is 99.6 Å². The summed E-state index contributed by atoms with van der Waals surface area (Å²) in [5, 5.41) is 17.4. The third kappa shape index (κ3) is 6.09. The van der Waals surface area contributed by atoms with Gasteiger partial charge in [0.1, 0.15) is 12.4 Å². The van der Waals surface area contributed by atoms with Gasteiger partial charge in [0.25, 0.3) is 5.56 Å². The van der Waals surface area contributed by atoms with E-state index in [1.54, 1.807) is 36.4 Å². The first kappa shape index (κ1) is 28.2. The van der Waals surface area contributed by atoms with Gasteiger partial charge in [0.05, 0.1) is 36.6 Å². The summed E-state index contributed by atoms with van der Waals surface area (Å²) in [6.07, 6.45) is 2.13. The molecule has 0 N–H and O–H groups in total. The second kappa shape index (κ2) is 11.9. The molecule has 0 saturated carbocycles. The van der Waals surface area contributed by atoms with Gasteiger partial charge in [-0.15, -0.1) is 0 Å². The highest BCUT2D eigenvalue weighted by molar-refractivity contribution is 9.10. The van der Waals surface area contributed by atoms with Gasteiger partial charge in [-0.25, -0.2) is 4.98 Å². The number of benzene rings is 3. The van der Waals surface area contributed by atoms with E-state index in [1.807, 2.05) is 19.9 Å². The lowest BCUT2D eigenvalue weighted by molar-refractivity contribution is -0.386. The van der Waals surface area contributed by atoms with Crippen molar-refractivity contribution in [3.8, 4) is 5.75 Å². The highest BCUT2D eigenvalue weighted by Gasteiger charge is 2.21. The molecule has 1 atom stereocenters. The molecule has 0 spiro atoms. The smallest absolute Gasteiger partial charge is 0.312 e. The molecule has 0 aliphatic rings. The summed E-state index contributed by atoms with van der Waals surface area (Å²) in [5.41, 5.74) is 1.05. The molecule has 0 bridgehead atoms. The maximum absolute atomic E-state index is 13.3. The lowest BCUT2D eigenvalue weighted by atomic mass is 10.1. The number of nitrogens with zero attached hydrogens (tertiary/aromatic N) is 4. The fourth-order valence-corrected chi connectivity index (χ4v) is 4.90. The molecule has 4 rings (SSSR count). The van der Waals surface area contributed by atoms with E-state index in [9.17, 15) is 14.9 Å². The van der Waals surface area contributed by atoms with Crippen LogP contribution in [0, 0.1) is 10.1 Å². The van der Waals surface area contributed by atoms with Crippen LogP contribution < -0.4 is 10.3 Å². The number of hydrogen-bond acceptors (Lipinski definition) is 6. The molecule has 0 amide bonds. The number of nitro groups is 1. The van der Waals surface area contributed by atoms with Gasteiger partial charge in [-0.05, 0) is 64.3 Å². The summed E-state index contributed by atoms with van der Waals surface area (Å²) in [6, 6.07) is 13.2. The number of nitro benzene ring substituents is 1. The van der Waals surface area contributed by atoms with Gasteiger partial charge in [0, 0.05) is 22.0 Å². The van der Waals surface area contributed by atoms with E-state index >= 15 is 0 Å². The first-order valence-corrected chi connectivity index (χ1v) is 13.7. The van der Waals surface area contributed by atoms with Gasteiger partial charge in [0.15, 0.2) is 0 Å². The molecule has 3 aromatic carbocycles. The molecule has 8 nitrogen and oxygen atoms in total. The van der Waals surface area contributed by atoms with E-state index in [2.05, 4.69) is 41.9 Å². The highest BCUT2D eigenvalue weighted by Crippen LogP contribution is 2.37. The predicted octanol–water partition coefficient (Wildman–Crippen LogP) is 8.11. The van der Waals surface area contributed by atoms with Gasteiger partial charge in [-0.1, -0.05) is 59.0 Å². The fourth-order valence-electron chi connectivity index (χ4n) is 3.64. The van der Waals surface area contributed by atoms with Crippen LogP contribution in [0.3, 0.4) is 0 Å². The third-order valence-electron chi connectivity index (χ3n) is 5.82. The van der Waals surface area contributed by atoms with Crippen LogP contribution in [0.4, 0.5) is 5.69 Å². The molecule has 0 aliphatic heterocycles. The Balaban J connectivity index is 1.72. The lowest BCUT2D eigenvalue weighted by Gasteiger charge is -2.14. The maximum Gasteiger partial charge on any atom is 0.312 e. The van der Waals surface area contributed by atoms with E-state index in [4.69, 9.17) is 27.9 Å². The average molecular weight is 683 g/mol. The molecule has 0 fully saturated rings. The van der Waals surface area contributed by atoms with Crippen molar-refractivity contribution in [3.63, 3.8) is 0 Å². The molecular weight excluding hydrogens is 663 g/mol. The number of hydrogen-bond donors (Lipinski definition) is 0. The average Bonchev–Trinajstić information content (AvgIpc) is 2.88. The molecular formula is C26H20Br2Cl2N4O4. The van der Waals surface area contributed by atoms with Gasteiger partial charge in [0.2, 0.25) is 5.75 Å². The zero-order valence-electron chi connectivity index (χ0n) is 20.1. The summed E-state index contributed by atoms with van der Waals surface area (Å²) in [6.45, 7) is 3.99. The zero-order chi connectivity index (χ0) is 27.6. The molecule has 0 unspecified atom stereocenters. The largest absolute Gasteiger partial charge is 0.481 e. The quantitative estimate of drug-likeness (QED) is 0.106. The summed E-state index contributed by atoms with van der Waals surface area (Å²) >= 11 is 18.8. The molecule has 0 radical (unpaired) electrons. The monoisotopic (exact) mass is 680 g/mol. The van der Waals surface area contributed by atoms with Crippen LogP contribution in [-0.2, 0) is 6.61 Å². The lowest BCUT2D eigenvalue weighted by Crippen LogP contribution is -2.23. The molecule has 1 heterocycles. The number of rotatable bonds is 8. The van der Waals surface area contributed by atoms with Crippen molar-refractivity contribution in [2.45, 2.75) is 32.8 Å². The van der Waals surface area contributed by atoms with E-state index in [0.29, 0.717) is 42.4 Å². The van der Waals surface area contributed by atoms with Crippen LogP contribution in [0.25, 0.3) is 10.9 Å². The van der Waals surface area contributed by atoms with Gasteiger partial charge in [-0.2, -0.15) is 9.78 Å². The Labute approximate surface area is 244 Å². The second-order valence-corrected chi connectivity index (χ2v) is 11.0. The maximum atomic E-state index is 13.3. The van der Waals surface area contributed by atoms with Crippen molar-refractivity contribution >= 4 is 77.9 Å². The zero-order valence-corrected chi connectivity index (χ0v) is 24.8. The van der Waals surface area contributed by atoms with Crippen molar-refractivity contribution in [1.29, 1.82) is 0 Å². The Bertz CT molecular complexity index is 1640. The summed E-state index contributed by atoms with van der Waals surface area (Å²) < 4.78 is 8.11. The van der Waals surface area contributed by atoms with Crippen LogP contribution >= 0.6 is 55.1 Å². The van der Waals surface area contributed by atoms with E-state index in [0.717, 1.165) is 10.9 Å². The van der Waals surface area contributed by atoms with Crippen molar-refractivity contribution in [1.82, 2.24) is 9.66 Å². The summed E-state index contributed by atoms with van der Waals surface area (Å²) in [4.78, 5) is 29.3. The SMILES string of the molecule is CC[C@@H](C)c1nc2ccc(Br)cc2c(=O)n1N=Cc1cc(Br)c(OCc2ccc(Cl)c(Cl)c2)c([N+](=O)[O-])c1. The van der Waals surface area contributed by atoms with E-state index < -0.39 is 4.92 Å². The summed E-state index contributed by atoms with van der Waals surface area (Å²) in [7, 11) is 0. The Kier molecular flexibility index (Phi) is 8.87. The summed E-state index contributed by atoms with van der Waals surface area (Å²) in [5.74, 6) is 0.498. The minimum atomic E-state index is -0.544. The number of fused-ring (bicyclic) bond motifs is 1. The Morgan fingerprint density at radius 2 is 1.92 bits per heavy atom. The first-order chi connectivity index (χ1) is 18.1. The standard InChI is InChI=1S/C26H20Br2Cl2N4O4/c1-3-14(2)25-32-22-7-5-17(27)11-18(22)26(35)33(25)31-12-16-8-19(28)24(23(10-16)34(36)37)38-13-15-4-6-20(29)21(30)9-15/h4-12,14H,3,13H2,1-2H3/t14-/m1/s1. The fraction of sp³-hybridized carbons (Fsp3) is 0.192. The molecule has 12 heteroatoms. The van der Waals surface area contributed by atoms with Crippen molar-refractivity contribution in [2.24, 2.45) is 5.10 Å². The van der Waals surface area contributed by atoms with Gasteiger partial charge < -0.3 is 4.74 Å². The minimum absolute atomic E-state index is 0.0374. The number of ether oxygens (including phenoxy) is 1. The normalized spacial score (nSPS) is 12.3. The second-order valence-electron chi connectivity index (χ2n) is 8.45. The molecule has 196 valence electrons. The van der Waals surface area contributed by atoms with Crippen LogP contribution in [0.5, 0.6) is 5.75 Å².